The Hall–Kier alpha value is -1.16. The first kappa shape index (κ1) is 16.2. The van der Waals surface area contributed by atoms with Gasteiger partial charge in [-0.15, -0.1) is 0 Å². The molecule has 1 aromatic rings. The van der Waals surface area contributed by atoms with Crippen LogP contribution in [0.3, 0.4) is 0 Å². The van der Waals surface area contributed by atoms with E-state index in [0.717, 1.165) is 23.8 Å². The lowest BCUT2D eigenvalue weighted by Crippen LogP contribution is -2.38. The number of halogens is 1. The molecular formula is C17H28FN3. The predicted octanol–water partition coefficient (Wildman–Crippen LogP) is 3.73. The Labute approximate surface area is 127 Å². The van der Waals surface area contributed by atoms with Gasteiger partial charge in [0.15, 0.2) is 0 Å². The van der Waals surface area contributed by atoms with Crippen LogP contribution < -0.4 is 10.2 Å². The van der Waals surface area contributed by atoms with E-state index in [1.165, 1.54) is 19.0 Å². The highest BCUT2D eigenvalue weighted by atomic mass is 19.1. The van der Waals surface area contributed by atoms with Gasteiger partial charge in [0.05, 0.1) is 6.20 Å². The van der Waals surface area contributed by atoms with Crippen LogP contribution in [-0.2, 0) is 6.54 Å². The number of nitrogens with zero attached hydrogens (tertiary/aromatic N) is 2. The van der Waals surface area contributed by atoms with Crippen LogP contribution in [0.5, 0.6) is 0 Å². The Morgan fingerprint density at radius 3 is 2.57 bits per heavy atom. The summed E-state index contributed by atoms with van der Waals surface area (Å²) in [7, 11) is 0. The van der Waals surface area contributed by atoms with Crippen molar-refractivity contribution in [1.82, 2.24) is 10.3 Å². The summed E-state index contributed by atoms with van der Waals surface area (Å²) in [6.45, 7) is 12.4. The molecule has 0 unspecified atom stereocenters. The van der Waals surface area contributed by atoms with Crippen LogP contribution in [0.2, 0.25) is 0 Å². The summed E-state index contributed by atoms with van der Waals surface area (Å²) in [4.78, 5) is 6.71. The van der Waals surface area contributed by atoms with E-state index in [4.69, 9.17) is 0 Å². The molecule has 4 heteroatoms. The maximum Gasteiger partial charge on any atom is 0.141 e. The molecule has 2 rings (SSSR count). The minimum absolute atomic E-state index is 0.00272. The van der Waals surface area contributed by atoms with Crippen molar-refractivity contribution in [2.75, 3.05) is 11.4 Å². The molecule has 1 saturated carbocycles. The van der Waals surface area contributed by atoms with Gasteiger partial charge >= 0.3 is 0 Å². The first-order chi connectivity index (χ1) is 9.76. The summed E-state index contributed by atoms with van der Waals surface area (Å²) < 4.78 is 13.6. The van der Waals surface area contributed by atoms with E-state index >= 15 is 0 Å². The van der Waals surface area contributed by atoms with Crippen LogP contribution >= 0.6 is 0 Å². The number of hydrogen-bond donors (Lipinski definition) is 1. The topological polar surface area (TPSA) is 28.2 Å². The molecular weight excluding hydrogens is 265 g/mol. The Morgan fingerprint density at radius 1 is 1.38 bits per heavy atom. The zero-order valence-electron chi connectivity index (χ0n) is 13.9. The average Bonchev–Trinajstić information content (AvgIpc) is 3.17. The number of nitrogens with one attached hydrogen (secondary N) is 1. The van der Waals surface area contributed by atoms with Crippen molar-refractivity contribution in [2.24, 2.45) is 5.92 Å². The normalized spacial score (nSPS) is 15.6. The third kappa shape index (κ3) is 4.95. The number of anilines is 1. The monoisotopic (exact) mass is 293 g/mol. The van der Waals surface area contributed by atoms with E-state index in [9.17, 15) is 4.39 Å². The molecule has 0 aliphatic heterocycles. The maximum absolute atomic E-state index is 13.6. The van der Waals surface area contributed by atoms with Gasteiger partial charge in [-0.05, 0) is 59.4 Å². The van der Waals surface area contributed by atoms with Crippen LogP contribution in [0.4, 0.5) is 10.2 Å². The standard InChI is InChI=1S/C17H28FN3/c1-12(2)21(11-13-6-7-13)16-14(8-15(18)10-19-16)9-20-17(3,4)5/h8,10,12-13,20H,6-7,9,11H2,1-5H3. The first-order valence-corrected chi connectivity index (χ1v) is 7.92. The Balaban J connectivity index is 2.22. The van der Waals surface area contributed by atoms with Crippen molar-refractivity contribution in [3.63, 3.8) is 0 Å². The number of hydrogen-bond acceptors (Lipinski definition) is 3. The van der Waals surface area contributed by atoms with Gasteiger partial charge < -0.3 is 10.2 Å². The van der Waals surface area contributed by atoms with Gasteiger partial charge in [0.2, 0.25) is 0 Å². The summed E-state index contributed by atoms with van der Waals surface area (Å²) in [5.74, 6) is 1.44. The van der Waals surface area contributed by atoms with E-state index in [1.807, 2.05) is 0 Å². The van der Waals surface area contributed by atoms with Crippen molar-refractivity contribution in [2.45, 2.75) is 65.6 Å². The summed E-state index contributed by atoms with van der Waals surface area (Å²) in [6.07, 6.45) is 3.94. The third-order valence-corrected chi connectivity index (χ3v) is 3.77. The molecule has 0 saturated heterocycles. The molecule has 0 atom stereocenters. The number of rotatable bonds is 6. The molecule has 0 aromatic carbocycles. The summed E-state index contributed by atoms with van der Waals surface area (Å²) >= 11 is 0. The fraction of sp³-hybridized carbons (Fsp3) is 0.706. The van der Waals surface area contributed by atoms with E-state index in [0.29, 0.717) is 12.6 Å². The molecule has 3 nitrogen and oxygen atoms in total. The number of pyridine rings is 1. The third-order valence-electron chi connectivity index (χ3n) is 3.77. The molecule has 0 amide bonds. The molecule has 1 fully saturated rings. The second kappa shape index (κ2) is 6.30. The van der Waals surface area contributed by atoms with Gasteiger partial charge in [-0.3, -0.25) is 0 Å². The Bertz CT molecular complexity index is 475. The highest BCUT2D eigenvalue weighted by molar-refractivity contribution is 5.48. The summed E-state index contributed by atoms with van der Waals surface area (Å²) in [5, 5.41) is 3.44. The van der Waals surface area contributed by atoms with Gasteiger partial charge in [0, 0.05) is 30.2 Å². The second-order valence-corrected chi connectivity index (χ2v) is 7.43. The fourth-order valence-corrected chi connectivity index (χ4v) is 2.34. The predicted molar refractivity (Wildman–Crippen MR) is 86.0 cm³/mol. The summed E-state index contributed by atoms with van der Waals surface area (Å²) in [6, 6.07) is 1.99. The van der Waals surface area contributed by atoms with Crippen molar-refractivity contribution in [3.05, 3.63) is 23.6 Å². The molecule has 1 N–H and O–H groups in total. The van der Waals surface area contributed by atoms with E-state index in [1.54, 1.807) is 6.07 Å². The molecule has 1 heterocycles. The van der Waals surface area contributed by atoms with E-state index < -0.39 is 0 Å². The molecule has 1 aromatic heterocycles. The first-order valence-electron chi connectivity index (χ1n) is 7.92. The van der Waals surface area contributed by atoms with Gasteiger partial charge in [-0.2, -0.15) is 0 Å². The highest BCUT2D eigenvalue weighted by Crippen LogP contribution is 2.33. The lowest BCUT2D eigenvalue weighted by Gasteiger charge is -2.31. The SMILES string of the molecule is CC(C)N(CC1CC1)c1ncc(F)cc1CNC(C)(C)C. The van der Waals surface area contributed by atoms with Gasteiger partial charge in [-0.25, -0.2) is 9.37 Å². The van der Waals surface area contributed by atoms with Crippen molar-refractivity contribution >= 4 is 5.82 Å². The fourth-order valence-electron chi connectivity index (χ4n) is 2.34. The van der Waals surface area contributed by atoms with Crippen LogP contribution in [0, 0.1) is 11.7 Å². The molecule has 1 aliphatic rings. The minimum Gasteiger partial charge on any atom is -0.354 e. The van der Waals surface area contributed by atoms with Crippen LogP contribution in [0.15, 0.2) is 12.3 Å². The summed E-state index contributed by atoms with van der Waals surface area (Å²) in [5.41, 5.74) is 0.946. The zero-order chi connectivity index (χ0) is 15.6. The van der Waals surface area contributed by atoms with Gasteiger partial charge in [0.1, 0.15) is 11.6 Å². The van der Waals surface area contributed by atoms with E-state index in [-0.39, 0.29) is 11.4 Å². The Kier molecular flexibility index (Phi) is 4.87. The molecule has 0 spiro atoms. The number of aromatic nitrogens is 1. The lowest BCUT2D eigenvalue weighted by atomic mass is 10.1. The average molecular weight is 293 g/mol. The van der Waals surface area contributed by atoms with Crippen LogP contribution in [0.25, 0.3) is 0 Å². The molecule has 118 valence electrons. The van der Waals surface area contributed by atoms with E-state index in [2.05, 4.69) is 49.8 Å². The maximum atomic E-state index is 13.6. The second-order valence-electron chi connectivity index (χ2n) is 7.43. The molecule has 0 radical (unpaired) electrons. The largest absolute Gasteiger partial charge is 0.354 e. The van der Waals surface area contributed by atoms with Crippen molar-refractivity contribution < 1.29 is 4.39 Å². The van der Waals surface area contributed by atoms with Gasteiger partial charge in [-0.1, -0.05) is 0 Å². The highest BCUT2D eigenvalue weighted by Gasteiger charge is 2.27. The van der Waals surface area contributed by atoms with Crippen molar-refractivity contribution in [3.8, 4) is 0 Å². The zero-order valence-corrected chi connectivity index (χ0v) is 13.9. The van der Waals surface area contributed by atoms with Crippen LogP contribution in [-0.4, -0.2) is 23.1 Å². The Morgan fingerprint density at radius 2 is 2.05 bits per heavy atom. The molecule has 0 bridgehead atoms. The minimum atomic E-state index is -0.264. The molecule has 21 heavy (non-hydrogen) atoms. The smallest absolute Gasteiger partial charge is 0.141 e. The quantitative estimate of drug-likeness (QED) is 0.866. The molecule has 1 aliphatic carbocycles. The lowest BCUT2D eigenvalue weighted by molar-refractivity contribution is 0.422. The van der Waals surface area contributed by atoms with Crippen LogP contribution in [0.1, 0.15) is 53.0 Å². The van der Waals surface area contributed by atoms with Gasteiger partial charge in [0.25, 0.3) is 0 Å². The van der Waals surface area contributed by atoms with Crippen molar-refractivity contribution in [1.29, 1.82) is 0 Å².